The zero-order valence-corrected chi connectivity index (χ0v) is 13.5. The van der Waals surface area contributed by atoms with Crippen molar-refractivity contribution in [2.45, 2.75) is 37.1 Å². The molecule has 4 N–H and O–H groups in total. The lowest BCUT2D eigenvalue weighted by molar-refractivity contribution is -0.272. The van der Waals surface area contributed by atoms with Crippen LogP contribution in [-0.2, 0) is 4.79 Å². The second-order valence-corrected chi connectivity index (χ2v) is 6.71. The number of nitrogens with two attached hydrogens (primary N) is 1. The molecule has 0 bridgehead atoms. The van der Waals surface area contributed by atoms with E-state index in [1.165, 1.54) is 11.3 Å². The summed E-state index contributed by atoms with van der Waals surface area (Å²) in [4.78, 5) is 25.1. The lowest BCUT2D eigenvalue weighted by atomic mass is 9.92. The maximum atomic E-state index is 13.0. The molecular formula is C14H18F3N3O3S. The number of primary amides is 1. The van der Waals surface area contributed by atoms with Gasteiger partial charge in [0.05, 0.1) is 19.0 Å². The van der Waals surface area contributed by atoms with Gasteiger partial charge in [-0.1, -0.05) is 6.07 Å². The molecule has 2 rings (SSSR count). The summed E-state index contributed by atoms with van der Waals surface area (Å²) in [6.45, 7) is -0.673. The number of aliphatic hydroxyl groups is 1. The van der Waals surface area contributed by atoms with Gasteiger partial charge in [0, 0.05) is 11.4 Å². The van der Waals surface area contributed by atoms with Gasteiger partial charge in [-0.3, -0.25) is 4.79 Å². The zero-order chi connectivity index (χ0) is 18.0. The number of piperidine rings is 1. The van der Waals surface area contributed by atoms with E-state index in [9.17, 15) is 27.9 Å². The van der Waals surface area contributed by atoms with E-state index < -0.39 is 42.7 Å². The number of thiophene rings is 1. The van der Waals surface area contributed by atoms with E-state index in [0.717, 1.165) is 4.90 Å². The number of nitrogens with one attached hydrogen (secondary N) is 1. The second-order valence-electron chi connectivity index (χ2n) is 5.73. The fourth-order valence-corrected chi connectivity index (χ4v) is 3.45. The Balaban J connectivity index is 2.08. The SMILES string of the molecule is NC(=O)NC(CC(=O)N1CCCC(O)(C(F)(F)F)C1)c1cccs1. The van der Waals surface area contributed by atoms with E-state index in [0.29, 0.717) is 4.88 Å². The first-order valence-corrected chi connectivity index (χ1v) is 8.16. The van der Waals surface area contributed by atoms with E-state index in [1.54, 1.807) is 17.5 Å². The van der Waals surface area contributed by atoms with Gasteiger partial charge in [0.25, 0.3) is 0 Å². The Kier molecular flexibility index (Phi) is 5.38. The summed E-state index contributed by atoms with van der Waals surface area (Å²) in [5, 5.41) is 14.0. The van der Waals surface area contributed by atoms with Crippen LogP contribution in [0.5, 0.6) is 0 Å². The highest BCUT2D eigenvalue weighted by atomic mass is 32.1. The third kappa shape index (κ3) is 4.18. The minimum atomic E-state index is -4.80. The predicted octanol–water partition coefficient (Wildman–Crippen LogP) is 1.76. The lowest BCUT2D eigenvalue weighted by Gasteiger charge is -2.40. The Bertz CT molecular complexity index is 594. The van der Waals surface area contributed by atoms with Crippen LogP contribution in [0.15, 0.2) is 17.5 Å². The fraction of sp³-hybridized carbons (Fsp3) is 0.571. The maximum Gasteiger partial charge on any atom is 0.418 e. The molecule has 1 aromatic heterocycles. The summed E-state index contributed by atoms with van der Waals surface area (Å²) >= 11 is 1.30. The largest absolute Gasteiger partial charge is 0.418 e. The van der Waals surface area contributed by atoms with Crippen molar-refractivity contribution in [3.05, 3.63) is 22.4 Å². The van der Waals surface area contributed by atoms with Crippen LogP contribution in [0.25, 0.3) is 0 Å². The predicted molar refractivity (Wildman–Crippen MR) is 81.2 cm³/mol. The summed E-state index contributed by atoms with van der Waals surface area (Å²) in [6.07, 6.45) is -5.41. The molecule has 2 atom stereocenters. The number of amides is 3. The highest BCUT2D eigenvalue weighted by Crippen LogP contribution is 2.37. The molecule has 0 aliphatic carbocycles. The van der Waals surface area contributed by atoms with Crippen molar-refractivity contribution in [3.8, 4) is 0 Å². The number of hydrogen-bond donors (Lipinski definition) is 3. The topological polar surface area (TPSA) is 95.7 Å². The third-order valence-electron chi connectivity index (χ3n) is 3.93. The van der Waals surface area contributed by atoms with Crippen molar-refractivity contribution in [1.82, 2.24) is 10.2 Å². The Labute approximate surface area is 140 Å². The van der Waals surface area contributed by atoms with Gasteiger partial charge in [-0.2, -0.15) is 13.2 Å². The molecule has 1 saturated heterocycles. The van der Waals surface area contributed by atoms with Crippen LogP contribution >= 0.6 is 11.3 Å². The standard InChI is InChI=1S/C14H18F3N3O3S/c15-14(16,17)13(23)4-2-5-20(8-13)11(21)7-9(19-12(18)22)10-3-1-6-24-10/h1,3,6,9,23H,2,4-5,7-8H2,(H3,18,19,22). The number of alkyl halides is 3. The molecule has 0 radical (unpaired) electrons. The van der Waals surface area contributed by atoms with Gasteiger partial charge in [-0.25, -0.2) is 4.79 Å². The molecule has 24 heavy (non-hydrogen) atoms. The van der Waals surface area contributed by atoms with Gasteiger partial charge in [0.2, 0.25) is 5.91 Å². The number of urea groups is 1. The Morgan fingerprint density at radius 2 is 2.21 bits per heavy atom. The third-order valence-corrected chi connectivity index (χ3v) is 4.92. The number of nitrogens with zero attached hydrogens (tertiary/aromatic N) is 1. The molecule has 1 aliphatic rings. The second kappa shape index (κ2) is 6.98. The van der Waals surface area contributed by atoms with E-state index in [2.05, 4.69) is 5.32 Å². The Morgan fingerprint density at radius 1 is 1.50 bits per heavy atom. The Morgan fingerprint density at radius 3 is 2.75 bits per heavy atom. The van der Waals surface area contributed by atoms with Crippen LogP contribution in [0.4, 0.5) is 18.0 Å². The van der Waals surface area contributed by atoms with Gasteiger partial charge in [-0.15, -0.1) is 11.3 Å². The van der Waals surface area contributed by atoms with Gasteiger partial charge in [-0.05, 0) is 24.3 Å². The van der Waals surface area contributed by atoms with Gasteiger partial charge in [0.15, 0.2) is 5.60 Å². The number of β-amino-alcohol motifs (C(OH)–C–C–N with tert-alkyl or cyclic N) is 1. The summed E-state index contributed by atoms with van der Waals surface area (Å²) in [5.74, 6) is -0.579. The molecule has 0 spiro atoms. The smallest absolute Gasteiger partial charge is 0.379 e. The number of likely N-dealkylation sites (tertiary alicyclic amines) is 1. The van der Waals surface area contributed by atoms with Crippen LogP contribution in [-0.4, -0.2) is 46.8 Å². The van der Waals surface area contributed by atoms with Crippen LogP contribution in [0.2, 0.25) is 0 Å². The van der Waals surface area contributed by atoms with Gasteiger partial charge < -0.3 is 21.1 Å². The Hall–Kier alpha value is -1.81. The van der Waals surface area contributed by atoms with Crippen LogP contribution < -0.4 is 11.1 Å². The average Bonchev–Trinajstić information content (AvgIpc) is 2.99. The molecule has 0 saturated carbocycles. The maximum absolute atomic E-state index is 13.0. The quantitative estimate of drug-likeness (QED) is 0.759. The zero-order valence-electron chi connectivity index (χ0n) is 12.7. The number of hydrogen-bond acceptors (Lipinski definition) is 4. The fourth-order valence-electron chi connectivity index (χ4n) is 2.67. The molecule has 6 nitrogen and oxygen atoms in total. The van der Waals surface area contributed by atoms with E-state index in [1.807, 2.05) is 0 Å². The molecule has 2 heterocycles. The van der Waals surface area contributed by atoms with Crippen LogP contribution in [0, 0.1) is 0 Å². The van der Waals surface area contributed by atoms with Crippen molar-refractivity contribution in [3.63, 3.8) is 0 Å². The number of rotatable bonds is 4. The first-order chi connectivity index (χ1) is 11.1. The highest BCUT2D eigenvalue weighted by Gasteiger charge is 2.55. The van der Waals surface area contributed by atoms with Crippen molar-refractivity contribution in [2.75, 3.05) is 13.1 Å². The van der Waals surface area contributed by atoms with Crippen molar-refractivity contribution >= 4 is 23.3 Å². The van der Waals surface area contributed by atoms with E-state index in [4.69, 9.17) is 5.73 Å². The number of halogens is 3. The molecule has 134 valence electrons. The number of carbonyl (C=O) groups excluding carboxylic acids is 2. The minimum absolute atomic E-state index is 0.0503. The normalized spacial score (nSPS) is 22.9. The first-order valence-electron chi connectivity index (χ1n) is 7.28. The summed E-state index contributed by atoms with van der Waals surface area (Å²) in [7, 11) is 0. The van der Waals surface area contributed by atoms with Gasteiger partial charge in [0.1, 0.15) is 0 Å². The van der Waals surface area contributed by atoms with Crippen LogP contribution in [0.1, 0.15) is 30.2 Å². The lowest BCUT2D eigenvalue weighted by Crippen LogP contribution is -2.58. The molecule has 1 aliphatic heterocycles. The van der Waals surface area contributed by atoms with E-state index >= 15 is 0 Å². The van der Waals surface area contributed by atoms with Crippen molar-refractivity contribution in [1.29, 1.82) is 0 Å². The average molecular weight is 365 g/mol. The molecular weight excluding hydrogens is 347 g/mol. The summed E-state index contributed by atoms with van der Waals surface area (Å²) in [5.41, 5.74) is 2.20. The molecule has 10 heteroatoms. The molecule has 0 aromatic carbocycles. The molecule has 3 amide bonds. The molecule has 1 aromatic rings. The summed E-state index contributed by atoms with van der Waals surface area (Å²) in [6, 6.07) is 1.88. The van der Waals surface area contributed by atoms with E-state index in [-0.39, 0.29) is 19.4 Å². The number of carbonyl (C=O) groups is 2. The van der Waals surface area contributed by atoms with Crippen molar-refractivity contribution in [2.24, 2.45) is 5.73 Å². The monoisotopic (exact) mass is 365 g/mol. The molecule has 2 unspecified atom stereocenters. The van der Waals surface area contributed by atoms with Gasteiger partial charge >= 0.3 is 12.2 Å². The van der Waals surface area contributed by atoms with Crippen molar-refractivity contribution < 1.29 is 27.9 Å². The first kappa shape index (κ1) is 18.5. The highest BCUT2D eigenvalue weighted by molar-refractivity contribution is 7.10. The molecule has 1 fully saturated rings. The minimum Gasteiger partial charge on any atom is -0.379 e. The summed E-state index contributed by atoms with van der Waals surface area (Å²) < 4.78 is 38.9. The van der Waals surface area contributed by atoms with Crippen LogP contribution in [0.3, 0.4) is 0 Å².